The molecule has 3 N–H and O–H groups in total. The molecule has 1 unspecified atom stereocenters. The number of hydrogen-bond acceptors (Lipinski definition) is 4. The smallest absolute Gasteiger partial charge is 0.182 e. The van der Waals surface area contributed by atoms with Gasteiger partial charge in [0.2, 0.25) is 0 Å². The monoisotopic (exact) mass is 182 g/mol. The Balaban J connectivity index is 2.23. The lowest BCUT2D eigenvalue weighted by molar-refractivity contribution is 0.00959. The summed E-state index contributed by atoms with van der Waals surface area (Å²) in [5.74, 6) is 1.44. The lowest BCUT2D eigenvalue weighted by Gasteiger charge is -2.18. The zero-order valence-electron chi connectivity index (χ0n) is 7.71. The van der Waals surface area contributed by atoms with E-state index in [2.05, 4.69) is 15.2 Å². The lowest BCUT2D eigenvalue weighted by atomic mass is 10.0. The number of nitrogens with one attached hydrogen (secondary N) is 1. The van der Waals surface area contributed by atoms with E-state index in [0.717, 1.165) is 25.3 Å². The summed E-state index contributed by atoms with van der Waals surface area (Å²) in [6, 6.07) is 0. The molecule has 2 heterocycles. The van der Waals surface area contributed by atoms with Gasteiger partial charge < -0.3 is 10.5 Å². The number of ether oxygens (including phenoxy) is 1. The number of rotatable bonds is 2. The molecule has 5 heteroatoms. The number of nitrogens with zero attached hydrogens (tertiary/aromatic N) is 2. The Labute approximate surface area is 76.7 Å². The molecule has 0 aromatic carbocycles. The molecule has 13 heavy (non-hydrogen) atoms. The van der Waals surface area contributed by atoms with Gasteiger partial charge in [-0.1, -0.05) is 0 Å². The standard InChI is InChI=1S/C8H14N4O/c1-8(3-2-4-13-8)7-10-6(5-9)11-12-7/h2-5,9H2,1H3,(H,10,11,12). The maximum Gasteiger partial charge on any atom is 0.182 e. The quantitative estimate of drug-likeness (QED) is 0.689. The van der Waals surface area contributed by atoms with Crippen molar-refractivity contribution in [2.45, 2.75) is 31.9 Å². The first-order valence-corrected chi connectivity index (χ1v) is 4.50. The van der Waals surface area contributed by atoms with E-state index in [1.165, 1.54) is 0 Å². The highest BCUT2D eigenvalue weighted by molar-refractivity contribution is 5.03. The summed E-state index contributed by atoms with van der Waals surface area (Å²) in [4.78, 5) is 4.27. The van der Waals surface area contributed by atoms with Crippen LogP contribution in [-0.4, -0.2) is 21.8 Å². The first kappa shape index (κ1) is 8.65. The molecule has 1 fully saturated rings. The van der Waals surface area contributed by atoms with Gasteiger partial charge in [-0.3, -0.25) is 5.10 Å². The SMILES string of the molecule is CC1(c2n[nH]c(CN)n2)CCCO1. The van der Waals surface area contributed by atoms with Crippen LogP contribution < -0.4 is 5.73 Å². The molecular weight excluding hydrogens is 168 g/mol. The predicted molar refractivity (Wildman–Crippen MR) is 46.8 cm³/mol. The highest BCUT2D eigenvalue weighted by atomic mass is 16.5. The molecule has 0 radical (unpaired) electrons. The van der Waals surface area contributed by atoms with E-state index < -0.39 is 0 Å². The van der Waals surface area contributed by atoms with Crippen LogP contribution >= 0.6 is 0 Å². The van der Waals surface area contributed by atoms with Crippen molar-refractivity contribution in [3.8, 4) is 0 Å². The van der Waals surface area contributed by atoms with Gasteiger partial charge in [0.05, 0.1) is 6.54 Å². The fourth-order valence-corrected chi connectivity index (χ4v) is 1.58. The van der Waals surface area contributed by atoms with Crippen molar-refractivity contribution in [1.82, 2.24) is 15.2 Å². The molecule has 72 valence electrons. The first-order valence-electron chi connectivity index (χ1n) is 4.50. The van der Waals surface area contributed by atoms with Crippen LogP contribution in [0.3, 0.4) is 0 Å². The van der Waals surface area contributed by atoms with E-state index in [0.29, 0.717) is 12.4 Å². The van der Waals surface area contributed by atoms with E-state index in [4.69, 9.17) is 10.5 Å². The van der Waals surface area contributed by atoms with E-state index in [-0.39, 0.29) is 5.60 Å². The summed E-state index contributed by atoms with van der Waals surface area (Å²) in [5, 5.41) is 6.89. The Morgan fingerprint density at radius 3 is 3.08 bits per heavy atom. The van der Waals surface area contributed by atoms with Crippen LogP contribution in [-0.2, 0) is 16.9 Å². The molecule has 0 spiro atoms. The van der Waals surface area contributed by atoms with Gasteiger partial charge in [0.15, 0.2) is 5.82 Å². The molecule has 0 bridgehead atoms. The molecular formula is C8H14N4O. The van der Waals surface area contributed by atoms with Crippen molar-refractivity contribution in [2.75, 3.05) is 6.61 Å². The van der Waals surface area contributed by atoms with Crippen molar-refractivity contribution in [3.05, 3.63) is 11.6 Å². The summed E-state index contributed by atoms with van der Waals surface area (Å²) in [6.07, 6.45) is 2.05. The van der Waals surface area contributed by atoms with Crippen LogP contribution in [0, 0.1) is 0 Å². The molecule has 1 saturated heterocycles. The van der Waals surface area contributed by atoms with Gasteiger partial charge in [-0.15, -0.1) is 0 Å². The van der Waals surface area contributed by atoms with Gasteiger partial charge in [-0.2, -0.15) is 5.10 Å². The average molecular weight is 182 g/mol. The summed E-state index contributed by atoms with van der Waals surface area (Å²) in [7, 11) is 0. The summed E-state index contributed by atoms with van der Waals surface area (Å²) in [5.41, 5.74) is 5.13. The Hall–Kier alpha value is -0.940. The highest BCUT2D eigenvalue weighted by Gasteiger charge is 2.35. The Morgan fingerprint density at radius 2 is 2.54 bits per heavy atom. The second kappa shape index (κ2) is 3.08. The van der Waals surface area contributed by atoms with Crippen molar-refractivity contribution < 1.29 is 4.74 Å². The van der Waals surface area contributed by atoms with Gasteiger partial charge in [0.25, 0.3) is 0 Å². The molecule has 0 saturated carbocycles. The third kappa shape index (κ3) is 1.45. The second-order valence-electron chi connectivity index (χ2n) is 3.49. The van der Waals surface area contributed by atoms with Gasteiger partial charge >= 0.3 is 0 Å². The molecule has 1 aromatic heterocycles. The fraction of sp³-hybridized carbons (Fsp3) is 0.750. The summed E-state index contributed by atoms with van der Waals surface area (Å²) >= 11 is 0. The lowest BCUT2D eigenvalue weighted by Crippen LogP contribution is -2.21. The normalized spacial score (nSPS) is 28.2. The van der Waals surface area contributed by atoms with Crippen molar-refractivity contribution >= 4 is 0 Å². The Kier molecular flexibility index (Phi) is 2.05. The molecule has 2 rings (SSSR count). The molecule has 5 nitrogen and oxygen atoms in total. The van der Waals surface area contributed by atoms with Crippen LogP contribution in [0.4, 0.5) is 0 Å². The molecule has 1 aliphatic rings. The molecule has 1 atom stereocenters. The van der Waals surface area contributed by atoms with Crippen LogP contribution in [0.5, 0.6) is 0 Å². The van der Waals surface area contributed by atoms with Gasteiger partial charge in [0.1, 0.15) is 11.4 Å². The summed E-state index contributed by atoms with van der Waals surface area (Å²) in [6.45, 7) is 3.20. The second-order valence-corrected chi connectivity index (χ2v) is 3.49. The van der Waals surface area contributed by atoms with E-state index >= 15 is 0 Å². The number of aromatic amines is 1. The third-order valence-electron chi connectivity index (χ3n) is 2.42. The van der Waals surface area contributed by atoms with Gasteiger partial charge in [0, 0.05) is 6.61 Å². The fourth-order valence-electron chi connectivity index (χ4n) is 1.58. The number of H-pyrrole nitrogens is 1. The third-order valence-corrected chi connectivity index (χ3v) is 2.42. The minimum absolute atomic E-state index is 0.302. The zero-order valence-corrected chi connectivity index (χ0v) is 7.71. The predicted octanol–water partition coefficient (Wildman–Crippen LogP) is 0.289. The van der Waals surface area contributed by atoms with Crippen LogP contribution in [0.15, 0.2) is 0 Å². The van der Waals surface area contributed by atoms with E-state index in [9.17, 15) is 0 Å². The zero-order chi connectivity index (χ0) is 9.31. The van der Waals surface area contributed by atoms with Crippen molar-refractivity contribution in [3.63, 3.8) is 0 Å². The molecule has 1 aliphatic heterocycles. The van der Waals surface area contributed by atoms with E-state index in [1.807, 2.05) is 6.92 Å². The van der Waals surface area contributed by atoms with Crippen molar-refractivity contribution in [1.29, 1.82) is 0 Å². The first-order chi connectivity index (χ1) is 6.24. The minimum atomic E-state index is -0.302. The van der Waals surface area contributed by atoms with Gasteiger partial charge in [-0.05, 0) is 19.8 Å². The number of aromatic nitrogens is 3. The Bertz CT molecular complexity index is 290. The average Bonchev–Trinajstić information content (AvgIpc) is 2.72. The van der Waals surface area contributed by atoms with Gasteiger partial charge in [-0.25, -0.2) is 4.98 Å². The molecule has 0 aliphatic carbocycles. The number of hydrogen-bond donors (Lipinski definition) is 2. The highest BCUT2D eigenvalue weighted by Crippen LogP contribution is 2.32. The van der Waals surface area contributed by atoms with Crippen molar-refractivity contribution in [2.24, 2.45) is 5.73 Å². The Morgan fingerprint density at radius 1 is 1.69 bits per heavy atom. The maximum atomic E-state index is 5.60. The van der Waals surface area contributed by atoms with E-state index in [1.54, 1.807) is 0 Å². The van der Waals surface area contributed by atoms with Crippen LogP contribution in [0.1, 0.15) is 31.4 Å². The minimum Gasteiger partial charge on any atom is -0.367 e. The summed E-state index contributed by atoms with van der Waals surface area (Å²) < 4.78 is 5.60. The topological polar surface area (TPSA) is 76.8 Å². The molecule has 0 amide bonds. The largest absolute Gasteiger partial charge is 0.367 e. The number of nitrogens with two attached hydrogens (primary N) is 1. The molecule has 1 aromatic rings. The maximum absolute atomic E-state index is 5.60. The van der Waals surface area contributed by atoms with Crippen LogP contribution in [0.25, 0.3) is 0 Å². The van der Waals surface area contributed by atoms with Crippen LogP contribution in [0.2, 0.25) is 0 Å².